The minimum atomic E-state index is -0.224. The molecule has 2 aromatic carbocycles. The maximum absolute atomic E-state index is 14.5. The van der Waals surface area contributed by atoms with Crippen molar-refractivity contribution in [1.29, 1.82) is 0 Å². The highest BCUT2D eigenvalue weighted by Gasteiger charge is 2.23. The second-order valence-corrected chi connectivity index (χ2v) is 7.90. The highest BCUT2D eigenvalue weighted by Crippen LogP contribution is 2.27. The summed E-state index contributed by atoms with van der Waals surface area (Å²) >= 11 is 0. The van der Waals surface area contributed by atoms with Crippen LogP contribution < -0.4 is 15.4 Å². The van der Waals surface area contributed by atoms with Crippen molar-refractivity contribution in [3.8, 4) is 5.75 Å². The van der Waals surface area contributed by atoms with Gasteiger partial charge in [0.2, 0.25) is 5.91 Å². The lowest BCUT2D eigenvalue weighted by Crippen LogP contribution is -2.44. The van der Waals surface area contributed by atoms with Crippen LogP contribution in [-0.2, 0) is 17.8 Å². The van der Waals surface area contributed by atoms with Gasteiger partial charge in [-0.05, 0) is 55.2 Å². The predicted molar refractivity (Wildman–Crippen MR) is 112 cm³/mol. The Morgan fingerprint density at radius 1 is 1.23 bits per heavy atom. The van der Waals surface area contributed by atoms with Crippen molar-refractivity contribution in [3.63, 3.8) is 0 Å². The number of nitrogens with zero attached hydrogens (tertiary/aromatic N) is 1. The molecule has 1 saturated heterocycles. The van der Waals surface area contributed by atoms with E-state index in [0.29, 0.717) is 36.3 Å². The molecule has 0 radical (unpaired) electrons. The van der Waals surface area contributed by atoms with Crippen molar-refractivity contribution < 1.29 is 18.7 Å². The quantitative estimate of drug-likeness (QED) is 0.793. The molecule has 7 heteroatoms. The Bertz CT molecular complexity index is 955. The molecule has 4 rings (SSSR count). The number of halogens is 1. The summed E-state index contributed by atoms with van der Waals surface area (Å²) in [5.41, 5.74) is 2.75. The van der Waals surface area contributed by atoms with Crippen LogP contribution in [-0.4, -0.2) is 43.0 Å². The molecule has 2 aromatic rings. The molecule has 0 aromatic heterocycles. The Morgan fingerprint density at radius 3 is 2.80 bits per heavy atom. The summed E-state index contributed by atoms with van der Waals surface area (Å²) in [7, 11) is 1.58. The normalized spacial score (nSPS) is 17.2. The number of fused-ring (bicyclic) bond motifs is 1. The van der Waals surface area contributed by atoms with E-state index in [0.717, 1.165) is 37.2 Å². The van der Waals surface area contributed by atoms with Crippen molar-refractivity contribution in [1.82, 2.24) is 10.2 Å². The first-order chi connectivity index (χ1) is 14.5. The number of likely N-dealkylation sites (tertiary alicyclic amines) is 1. The number of aryl methyl sites for hydroxylation is 1. The highest BCUT2D eigenvalue weighted by atomic mass is 19.1. The standard InChI is InChI=1S/C23H26FN3O3/c1-30-19-4-2-3-16(11-19)23(29)25-18-7-9-27(10-8-18)14-17-13-21-15(12-20(17)24)5-6-22(28)26-21/h2-4,11-13,18H,5-10,14H2,1H3,(H,25,29)(H,26,28). The van der Waals surface area contributed by atoms with Crippen LogP contribution in [0.25, 0.3) is 0 Å². The number of benzene rings is 2. The zero-order valence-electron chi connectivity index (χ0n) is 17.0. The molecule has 2 amide bonds. The molecule has 2 aliphatic heterocycles. The predicted octanol–water partition coefficient (Wildman–Crippen LogP) is 3.11. The molecule has 6 nitrogen and oxygen atoms in total. The van der Waals surface area contributed by atoms with Gasteiger partial charge in [0, 0.05) is 48.9 Å². The molecule has 30 heavy (non-hydrogen) atoms. The van der Waals surface area contributed by atoms with E-state index in [4.69, 9.17) is 4.74 Å². The molecule has 2 aliphatic rings. The van der Waals surface area contributed by atoms with E-state index in [1.54, 1.807) is 43.5 Å². The number of carbonyl (C=O) groups excluding carboxylic acids is 2. The Balaban J connectivity index is 1.32. The zero-order valence-corrected chi connectivity index (χ0v) is 17.0. The van der Waals surface area contributed by atoms with Crippen LogP contribution in [0.3, 0.4) is 0 Å². The summed E-state index contributed by atoms with van der Waals surface area (Å²) < 4.78 is 19.7. The van der Waals surface area contributed by atoms with Gasteiger partial charge in [0.1, 0.15) is 11.6 Å². The number of rotatable bonds is 5. The molecule has 0 unspecified atom stereocenters. The molecule has 0 bridgehead atoms. The third kappa shape index (κ3) is 4.62. The van der Waals surface area contributed by atoms with Gasteiger partial charge in [0.05, 0.1) is 7.11 Å². The van der Waals surface area contributed by atoms with Crippen LogP contribution in [0.2, 0.25) is 0 Å². The summed E-state index contributed by atoms with van der Waals surface area (Å²) in [6.07, 6.45) is 2.59. The average Bonchev–Trinajstić information content (AvgIpc) is 2.76. The summed E-state index contributed by atoms with van der Waals surface area (Å²) in [6.45, 7) is 2.03. The van der Waals surface area contributed by atoms with Gasteiger partial charge in [-0.2, -0.15) is 0 Å². The molecular weight excluding hydrogens is 385 g/mol. The van der Waals surface area contributed by atoms with Crippen molar-refractivity contribution in [3.05, 3.63) is 58.9 Å². The zero-order chi connectivity index (χ0) is 21.1. The largest absolute Gasteiger partial charge is 0.497 e. The van der Waals surface area contributed by atoms with Gasteiger partial charge in [-0.1, -0.05) is 6.07 Å². The molecule has 0 saturated carbocycles. The van der Waals surface area contributed by atoms with E-state index in [1.165, 1.54) is 0 Å². The summed E-state index contributed by atoms with van der Waals surface area (Å²) in [6, 6.07) is 10.5. The number of carbonyl (C=O) groups is 2. The molecule has 0 atom stereocenters. The number of methoxy groups -OCH3 is 1. The van der Waals surface area contributed by atoms with Crippen LogP contribution in [0.1, 0.15) is 40.7 Å². The third-order valence-electron chi connectivity index (χ3n) is 5.82. The number of piperidine rings is 1. The lowest BCUT2D eigenvalue weighted by atomic mass is 9.99. The van der Waals surface area contributed by atoms with Crippen LogP contribution in [0.4, 0.5) is 10.1 Å². The van der Waals surface area contributed by atoms with E-state index >= 15 is 0 Å². The minimum absolute atomic E-state index is 0.0207. The first-order valence-electron chi connectivity index (χ1n) is 10.3. The van der Waals surface area contributed by atoms with E-state index < -0.39 is 0 Å². The van der Waals surface area contributed by atoms with Crippen LogP contribution >= 0.6 is 0 Å². The molecule has 0 spiro atoms. The van der Waals surface area contributed by atoms with Gasteiger partial charge in [-0.3, -0.25) is 14.5 Å². The van der Waals surface area contributed by atoms with E-state index in [2.05, 4.69) is 15.5 Å². The van der Waals surface area contributed by atoms with Gasteiger partial charge >= 0.3 is 0 Å². The van der Waals surface area contributed by atoms with Crippen LogP contribution in [0, 0.1) is 5.82 Å². The van der Waals surface area contributed by atoms with Crippen molar-refractivity contribution in [2.75, 3.05) is 25.5 Å². The minimum Gasteiger partial charge on any atom is -0.497 e. The molecule has 2 heterocycles. The molecule has 0 aliphatic carbocycles. The smallest absolute Gasteiger partial charge is 0.251 e. The maximum atomic E-state index is 14.5. The lowest BCUT2D eigenvalue weighted by Gasteiger charge is -2.32. The van der Waals surface area contributed by atoms with Crippen LogP contribution in [0.5, 0.6) is 5.75 Å². The van der Waals surface area contributed by atoms with Gasteiger partial charge in [0.15, 0.2) is 0 Å². The summed E-state index contributed by atoms with van der Waals surface area (Å²) in [5.74, 6) is 0.301. The first-order valence-corrected chi connectivity index (χ1v) is 10.3. The molecular formula is C23H26FN3O3. The van der Waals surface area contributed by atoms with Gasteiger partial charge in [-0.15, -0.1) is 0 Å². The number of ether oxygens (including phenoxy) is 1. The number of amides is 2. The second-order valence-electron chi connectivity index (χ2n) is 7.90. The van der Waals surface area contributed by atoms with Crippen molar-refractivity contribution in [2.24, 2.45) is 0 Å². The Morgan fingerprint density at radius 2 is 2.03 bits per heavy atom. The SMILES string of the molecule is COc1cccc(C(=O)NC2CCN(Cc3cc4c(cc3F)CCC(=O)N4)CC2)c1. The topological polar surface area (TPSA) is 70.7 Å². The first kappa shape index (κ1) is 20.3. The van der Waals surface area contributed by atoms with Crippen molar-refractivity contribution >= 4 is 17.5 Å². The summed E-state index contributed by atoms with van der Waals surface area (Å²) in [5, 5.41) is 5.92. The number of anilines is 1. The Hall–Kier alpha value is -2.93. The summed E-state index contributed by atoms with van der Waals surface area (Å²) in [4.78, 5) is 26.3. The Kier molecular flexibility index (Phi) is 5.99. The second kappa shape index (κ2) is 8.83. The fourth-order valence-corrected chi connectivity index (χ4v) is 4.07. The molecule has 1 fully saturated rings. The van der Waals surface area contributed by atoms with Crippen LogP contribution in [0.15, 0.2) is 36.4 Å². The fraction of sp³-hybridized carbons (Fsp3) is 0.391. The van der Waals surface area contributed by atoms with Gasteiger partial charge < -0.3 is 15.4 Å². The van der Waals surface area contributed by atoms with E-state index in [-0.39, 0.29) is 23.7 Å². The maximum Gasteiger partial charge on any atom is 0.251 e. The fourth-order valence-electron chi connectivity index (χ4n) is 4.07. The molecule has 2 N–H and O–H groups in total. The number of hydrogen-bond donors (Lipinski definition) is 2. The number of hydrogen-bond acceptors (Lipinski definition) is 4. The van der Waals surface area contributed by atoms with Gasteiger partial charge in [-0.25, -0.2) is 4.39 Å². The van der Waals surface area contributed by atoms with E-state index in [9.17, 15) is 14.0 Å². The van der Waals surface area contributed by atoms with Gasteiger partial charge in [0.25, 0.3) is 5.91 Å². The average molecular weight is 411 g/mol. The lowest BCUT2D eigenvalue weighted by molar-refractivity contribution is -0.116. The number of nitrogens with one attached hydrogen (secondary N) is 2. The Labute approximate surface area is 175 Å². The van der Waals surface area contributed by atoms with Crippen molar-refractivity contribution in [2.45, 2.75) is 38.3 Å². The highest BCUT2D eigenvalue weighted by molar-refractivity contribution is 5.95. The molecule has 158 valence electrons. The van der Waals surface area contributed by atoms with E-state index in [1.807, 2.05) is 0 Å². The monoisotopic (exact) mass is 411 g/mol. The third-order valence-corrected chi connectivity index (χ3v) is 5.82.